The van der Waals surface area contributed by atoms with Gasteiger partial charge in [-0.05, 0) is 56.0 Å². The number of hydrogen-bond acceptors (Lipinski definition) is 9. The Bertz CT molecular complexity index is 1270. The molecule has 0 unspecified atom stereocenters. The molecule has 5 N–H and O–H groups in total. The van der Waals surface area contributed by atoms with Crippen LogP contribution >= 0.6 is 0 Å². The van der Waals surface area contributed by atoms with Crippen molar-refractivity contribution in [3.63, 3.8) is 0 Å². The molecule has 35 heavy (non-hydrogen) atoms. The van der Waals surface area contributed by atoms with E-state index in [4.69, 9.17) is 16.6 Å². The van der Waals surface area contributed by atoms with Gasteiger partial charge in [-0.1, -0.05) is 18.2 Å². The van der Waals surface area contributed by atoms with Crippen molar-refractivity contribution >= 4 is 17.5 Å². The first-order valence-electron chi connectivity index (χ1n) is 11.9. The van der Waals surface area contributed by atoms with Crippen LogP contribution in [0, 0.1) is 11.3 Å². The van der Waals surface area contributed by atoms with Gasteiger partial charge in [-0.25, -0.2) is 20.8 Å². The van der Waals surface area contributed by atoms with Crippen LogP contribution in [-0.2, 0) is 6.54 Å². The molecule has 5 rings (SSSR count). The van der Waals surface area contributed by atoms with Gasteiger partial charge in [0.1, 0.15) is 5.82 Å². The Morgan fingerprint density at radius 2 is 1.91 bits per heavy atom. The second kappa shape index (κ2) is 9.99. The molecule has 0 amide bonds. The molecule has 2 fully saturated rings. The SMILES string of the molecule is N#Cc1cccc(-c2cc(/C(N)=C/N(N)Cc3cccc(N4CCCC4)n3)nc(NC3CC3)n2)c1. The fourth-order valence-corrected chi connectivity index (χ4v) is 4.12. The summed E-state index contributed by atoms with van der Waals surface area (Å²) in [5.74, 6) is 7.79. The smallest absolute Gasteiger partial charge is 0.224 e. The van der Waals surface area contributed by atoms with Crippen LogP contribution in [0.1, 0.15) is 42.6 Å². The van der Waals surface area contributed by atoms with Crippen molar-refractivity contribution in [1.82, 2.24) is 20.0 Å². The number of hydrogen-bond donors (Lipinski definition) is 3. The predicted octanol–water partition coefficient (Wildman–Crippen LogP) is 3.22. The first-order chi connectivity index (χ1) is 17.1. The number of hydrazine groups is 1. The van der Waals surface area contributed by atoms with Crippen molar-refractivity contribution in [2.24, 2.45) is 11.6 Å². The molecular formula is C26H29N9. The number of nitrogens with two attached hydrogens (primary N) is 2. The summed E-state index contributed by atoms with van der Waals surface area (Å²) in [5, 5.41) is 14.2. The molecule has 1 aromatic carbocycles. The molecule has 3 aromatic rings. The van der Waals surface area contributed by atoms with E-state index in [0.717, 1.165) is 43.0 Å². The van der Waals surface area contributed by atoms with Gasteiger partial charge in [0.15, 0.2) is 0 Å². The van der Waals surface area contributed by atoms with E-state index in [0.29, 0.717) is 41.2 Å². The zero-order chi connectivity index (χ0) is 24.2. The first kappa shape index (κ1) is 22.6. The van der Waals surface area contributed by atoms with Crippen molar-refractivity contribution in [2.45, 2.75) is 38.3 Å². The zero-order valence-electron chi connectivity index (χ0n) is 19.6. The molecule has 1 aliphatic carbocycles. The third-order valence-electron chi connectivity index (χ3n) is 6.09. The molecular weight excluding hydrogens is 438 g/mol. The fraction of sp³-hybridized carbons (Fsp3) is 0.308. The highest BCUT2D eigenvalue weighted by atomic mass is 15.4. The maximum atomic E-state index is 9.28. The van der Waals surface area contributed by atoms with Crippen LogP contribution in [0.4, 0.5) is 11.8 Å². The van der Waals surface area contributed by atoms with Gasteiger partial charge in [-0.3, -0.25) is 0 Å². The van der Waals surface area contributed by atoms with Crippen LogP contribution < -0.4 is 21.8 Å². The van der Waals surface area contributed by atoms with Gasteiger partial charge < -0.3 is 21.0 Å². The van der Waals surface area contributed by atoms with E-state index in [1.54, 1.807) is 18.3 Å². The number of rotatable bonds is 8. The van der Waals surface area contributed by atoms with Gasteiger partial charge in [-0.15, -0.1) is 0 Å². The average Bonchev–Trinajstić information content (AvgIpc) is 3.51. The second-order valence-electron chi connectivity index (χ2n) is 9.01. The molecule has 178 valence electrons. The summed E-state index contributed by atoms with van der Waals surface area (Å²) in [5.41, 5.74) is 10.4. The summed E-state index contributed by atoms with van der Waals surface area (Å²) in [6, 6.07) is 17.7. The number of nitriles is 1. The monoisotopic (exact) mass is 467 g/mol. The molecule has 0 radical (unpaired) electrons. The zero-order valence-corrected chi connectivity index (χ0v) is 19.6. The number of benzene rings is 1. The minimum atomic E-state index is 0.383. The van der Waals surface area contributed by atoms with Gasteiger partial charge in [-0.2, -0.15) is 5.26 Å². The molecule has 2 aliphatic rings. The molecule has 2 aromatic heterocycles. The van der Waals surface area contributed by atoms with Crippen molar-refractivity contribution in [1.29, 1.82) is 5.26 Å². The Hall–Kier alpha value is -4.16. The molecule has 9 heteroatoms. The summed E-state index contributed by atoms with van der Waals surface area (Å²) in [7, 11) is 0. The molecule has 0 atom stereocenters. The average molecular weight is 468 g/mol. The number of nitrogens with one attached hydrogen (secondary N) is 1. The quantitative estimate of drug-likeness (QED) is 0.337. The van der Waals surface area contributed by atoms with Crippen LogP contribution in [0.25, 0.3) is 17.0 Å². The Kier molecular flexibility index (Phi) is 6.46. The Labute approximate surface area is 205 Å². The fourth-order valence-electron chi connectivity index (χ4n) is 4.12. The molecule has 1 saturated carbocycles. The number of nitrogens with zero attached hydrogens (tertiary/aromatic N) is 6. The molecule has 0 bridgehead atoms. The van der Waals surface area contributed by atoms with E-state index in [9.17, 15) is 5.26 Å². The van der Waals surface area contributed by atoms with Crippen LogP contribution in [-0.4, -0.2) is 39.1 Å². The minimum absolute atomic E-state index is 0.383. The highest BCUT2D eigenvalue weighted by Gasteiger charge is 2.23. The van der Waals surface area contributed by atoms with Crippen LogP contribution in [0.5, 0.6) is 0 Å². The third-order valence-corrected chi connectivity index (χ3v) is 6.09. The van der Waals surface area contributed by atoms with Gasteiger partial charge in [0.2, 0.25) is 5.95 Å². The van der Waals surface area contributed by atoms with Gasteiger partial charge in [0, 0.05) is 30.9 Å². The van der Waals surface area contributed by atoms with E-state index in [1.807, 2.05) is 36.4 Å². The predicted molar refractivity (Wildman–Crippen MR) is 136 cm³/mol. The first-order valence-corrected chi connectivity index (χ1v) is 11.9. The minimum Gasteiger partial charge on any atom is -0.396 e. The maximum absolute atomic E-state index is 9.28. The van der Waals surface area contributed by atoms with Gasteiger partial charge in [0.05, 0.1) is 41.0 Å². The molecule has 1 aliphatic heterocycles. The molecule has 9 nitrogen and oxygen atoms in total. The summed E-state index contributed by atoms with van der Waals surface area (Å²) in [6.07, 6.45) is 6.26. The number of anilines is 2. The summed E-state index contributed by atoms with van der Waals surface area (Å²) < 4.78 is 0. The number of aromatic nitrogens is 3. The van der Waals surface area contributed by atoms with Crippen molar-refractivity contribution < 1.29 is 0 Å². The standard InChI is InChI=1S/C26H29N9/c27-15-18-5-3-6-19(13-18)23-14-24(33-26(32-23)31-20-9-10-20)22(28)17-35(29)16-21-7-4-8-25(30-21)34-11-1-2-12-34/h3-8,13-14,17,20H,1-2,9-12,16,28-29H2,(H,31,32,33)/b22-17-. The Balaban J connectivity index is 1.38. The van der Waals surface area contributed by atoms with Crippen LogP contribution in [0.15, 0.2) is 54.7 Å². The Morgan fingerprint density at radius 1 is 1.11 bits per heavy atom. The van der Waals surface area contributed by atoms with Crippen molar-refractivity contribution in [3.8, 4) is 17.3 Å². The summed E-state index contributed by atoms with van der Waals surface area (Å²) >= 11 is 0. The van der Waals surface area contributed by atoms with E-state index in [-0.39, 0.29) is 0 Å². The molecule has 3 heterocycles. The third kappa shape index (κ3) is 5.67. The summed E-state index contributed by atoms with van der Waals surface area (Å²) in [6.45, 7) is 2.50. The normalized spacial score (nSPS) is 15.7. The van der Waals surface area contributed by atoms with Crippen molar-refractivity contribution in [3.05, 3.63) is 71.7 Å². The number of pyridine rings is 1. The van der Waals surface area contributed by atoms with Crippen LogP contribution in [0.3, 0.4) is 0 Å². The molecule has 0 spiro atoms. The van der Waals surface area contributed by atoms with Crippen molar-refractivity contribution in [2.75, 3.05) is 23.3 Å². The molecule has 1 saturated heterocycles. The second-order valence-corrected chi connectivity index (χ2v) is 9.01. The topological polar surface area (TPSA) is 133 Å². The lowest BCUT2D eigenvalue weighted by molar-refractivity contribution is 0.382. The lowest BCUT2D eigenvalue weighted by Crippen LogP contribution is -2.27. The summed E-state index contributed by atoms with van der Waals surface area (Å²) in [4.78, 5) is 16.4. The maximum Gasteiger partial charge on any atom is 0.224 e. The van der Waals surface area contributed by atoms with E-state index >= 15 is 0 Å². The van der Waals surface area contributed by atoms with E-state index in [1.165, 1.54) is 17.9 Å². The lowest BCUT2D eigenvalue weighted by atomic mass is 10.1. The Morgan fingerprint density at radius 3 is 2.69 bits per heavy atom. The van der Waals surface area contributed by atoms with Gasteiger partial charge in [0.25, 0.3) is 0 Å². The van der Waals surface area contributed by atoms with E-state index < -0.39 is 0 Å². The van der Waals surface area contributed by atoms with E-state index in [2.05, 4.69) is 26.3 Å². The van der Waals surface area contributed by atoms with Crippen LogP contribution in [0.2, 0.25) is 0 Å². The highest BCUT2D eigenvalue weighted by molar-refractivity contribution is 5.69. The lowest BCUT2D eigenvalue weighted by Gasteiger charge is -2.19. The van der Waals surface area contributed by atoms with Gasteiger partial charge >= 0.3 is 0 Å². The largest absolute Gasteiger partial charge is 0.396 e. The highest BCUT2D eigenvalue weighted by Crippen LogP contribution is 2.27.